The van der Waals surface area contributed by atoms with E-state index in [1.807, 2.05) is 36.4 Å². The molecule has 7 rings (SSSR count). The van der Waals surface area contributed by atoms with Gasteiger partial charge in [-0.1, -0.05) is 91.0 Å². The first-order valence-corrected chi connectivity index (χ1v) is 13.7. The maximum Gasteiger partial charge on any atom is 0.494 e. The van der Waals surface area contributed by atoms with Crippen LogP contribution >= 0.6 is 0 Å². The van der Waals surface area contributed by atoms with Gasteiger partial charge in [0.1, 0.15) is 0 Å². The summed E-state index contributed by atoms with van der Waals surface area (Å²) in [6.07, 6.45) is 0. The Hall–Kier alpha value is -4.26. The lowest BCUT2D eigenvalue weighted by molar-refractivity contribution is 0.00578. The van der Waals surface area contributed by atoms with E-state index in [0.717, 1.165) is 49.8 Å². The number of aromatic nitrogens is 3. The fraction of sp³-hybridized carbons (Fsp3) is 0.176. The van der Waals surface area contributed by atoms with Gasteiger partial charge in [0, 0.05) is 21.9 Å². The lowest BCUT2D eigenvalue weighted by atomic mass is 9.78. The minimum Gasteiger partial charge on any atom is -0.399 e. The van der Waals surface area contributed by atoms with Crippen LogP contribution in [0, 0.1) is 0 Å². The Morgan fingerprint density at radius 1 is 0.575 bits per heavy atom. The molecule has 0 N–H and O–H groups in total. The molecule has 1 aliphatic rings. The zero-order valence-corrected chi connectivity index (χ0v) is 23.1. The summed E-state index contributed by atoms with van der Waals surface area (Å²) >= 11 is 0. The average Bonchev–Trinajstić information content (AvgIpc) is 3.42. The largest absolute Gasteiger partial charge is 0.494 e. The molecule has 1 aliphatic heterocycles. The summed E-state index contributed by atoms with van der Waals surface area (Å²) in [6, 6.07) is 37.5. The van der Waals surface area contributed by atoms with Gasteiger partial charge in [0.05, 0.1) is 33.6 Å². The topological polar surface area (TPSA) is 49.2 Å². The van der Waals surface area contributed by atoms with Gasteiger partial charge in [-0.2, -0.15) is 0 Å². The molecular weight excluding hydrogens is 493 g/mol. The zero-order valence-electron chi connectivity index (χ0n) is 23.1. The number of hydrogen-bond donors (Lipinski definition) is 0. The Morgan fingerprint density at radius 3 is 1.70 bits per heavy atom. The average molecular weight is 523 g/mol. The van der Waals surface area contributed by atoms with E-state index in [1.165, 1.54) is 0 Å². The summed E-state index contributed by atoms with van der Waals surface area (Å²) in [4.78, 5) is 10.2. The second-order valence-corrected chi connectivity index (χ2v) is 11.4. The molecule has 196 valence electrons. The highest BCUT2D eigenvalue weighted by Crippen LogP contribution is 2.38. The second-order valence-electron chi connectivity index (χ2n) is 11.4. The van der Waals surface area contributed by atoms with E-state index in [-0.39, 0.29) is 0 Å². The van der Waals surface area contributed by atoms with E-state index < -0.39 is 18.3 Å². The Kier molecular flexibility index (Phi) is 5.67. The van der Waals surface area contributed by atoms with Gasteiger partial charge in [-0.05, 0) is 51.4 Å². The van der Waals surface area contributed by atoms with Crippen LogP contribution in [0.5, 0.6) is 0 Å². The lowest BCUT2D eigenvalue weighted by Crippen LogP contribution is -2.41. The molecule has 2 aromatic heterocycles. The Bertz CT molecular complexity index is 1790. The van der Waals surface area contributed by atoms with Crippen molar-refractivity contribution in [1.29, 1.82) is 0 Å². The second kappa shape index (κ2) is 9.15. The molecule has 0 aliphatic carbocycles. The van der Waals surface area contributed by atoms with Gasteiger partial charge >= 0.3 is 7.12 Å². The summed E-state index contributed by atoms with van der Waals surface area (Å²) < 4.78 is 14.9. The zero-order chi connectivity index (χ0) is 27.5. The van der Waals surface area contributed by atoms with Crippen LogP contribution in [0.1, 0.15) is 27.7 Å². The van der Waals surface area contributed by atoms with Gasteiger partial charge in [0.2, 0.25) is 5.95 Å². The van der Waals surface area contributed by atoms with E-state index in [0.29, 0.717) is 5.95 Å². The molecule has 5 nitrogen and oxygen atoms in total. The van der Waals surface area contributed by atoms with Crippen LogP contribution in [-0.4, -0.2) is 32.9 Å². The van der Waals surface area contributed by atoms with Crippen molar-refractivity contribution < 1.29 is 9.31 Å². The molecule has 1 fully saturated rings. The van der Waals surface area contributed by atoms with Gasteiger partial charge < -0.3 is 9.31 Å². The lowest BCUT2D eigenvalue weighted by Gasteiger charge is -2.32. The monoisotopic (exact) mass is 523 g/mol. The van der Waals surface area contributed by atoms with Crippen molar-refractivity contribution in [2.75, 3.05) is 0 Å². The van der Waals surface area contributed by atoms with Crippen LogP contribution in [0.4, 0.5) is 0 Å². The molecule has 4 aromatic carbocycles. The number of rotatable bonds is 4. The molecule has 1 saturated heterocycles. The number of nitrogens with zero attached hydrogens (tertiary/aromatic N) is 3. The molecule has 40 heavy (non-hydrogen) atoms. The highest BCUT2D eigenvalue weighted by molar-refractivity contribution is 6.62. The summed E-state index contributed by atoms with van der Waals surface area (Å²) in [5.74, 6) is 0.634. The third-order valence-electron chi connectivity index (χ3n) is 8.28. The Labute approximate surface area is 234 Å². The molecule has 0 atom stereocenters. The number of hydrogen-bond acceptors (Lipinski definition) is 4. The number of fused-ring (bicyclic) bond motifs is 3. The molecule has 0 spiro atoms. The van der Waals surface area contributed by atoms with Gasteiger partial charge in [0.15, 0.2) is 0 Å². The molecule has 6 heteroatoms. The molecule has 0 amide bonds. The number of benzene rings is 4. The molecule has 0 radical (unpaired) electrons. The summed E-state index contributed by atoms with van der Waals surface area (Å²) in [5.41, 5.74) is 6.13. The van der Waals surface area contributed by atoms with E-state index in [4.69, 9.17) is 19.3 Å². The normalized spacial score (nSPS) is 16.1. The van der Waals surface area contributed by atoms with Crippen molar-refractivity contribution in [3.8, 4) is 28.5 Å². The van der Waals surface area contributed by atoms with Crippen molar-refractivity contribution in [2.24, 2.45) is 0 Å². The number of para-hydroxylation sites is 1. The Balaban J connectivity index is 1.45. The third-order valence-corrected chi connectivity index (χ3v) is 8.28. The summed E-state index contributed by atoms with van der Waals surface area (Å²) in [6.45, 7) is 8.33. The molecule has 0 bridgehead atoms. The SMILES string of the molecule is CC1(C)OB(c2ccc3c(c2)c2ccccc2n3-c2nc(-c3ccccc3)cc(-c3ccccc3)n2)OC1(C)C. The van der Waals surface area contributed by atoms with Crippen LogP contribution in [-0.2, 0) is 9.31 Å². The first kappa shape index (κ1) is 24.8. The quantitative estimate of drug-likeness (QED) is 0.229. The van der Waals surface area contributed by atoms with Crippen molar-refractivity contribution in [2.45, 2.75) is 38.9 Å². The van der Waals surface area contributed by atoms with Gasteiger partial charge in [-0.25, -0.2) is 9.97 Å². The van der Waals surface area contributed by atoms with Crippen molar-refractivity contribution >= 4 is 34.4 Å². The third kappa shape index (κ3) is 4.03. The predicted molar refractivity (Wildman–Crippen MR) is 163 cm³/mol. The molecule has 0 unspecified atom stereocenters. The van der Waals surface area contributed by atoms with Gasteiger partial charge in [-0.15, -0.1) is 0 Å². The van der Waals surface area contributed by atoms with Gasteiger partial charge in [0.25, 0.3) is 0 Å². The van der Waals surface area contributed by atoms with Gasteiger partial charge in [-0.3, -0.25) is 4.57 Å². The first-order valence-electron chi connectivity index (χ1n) is 13.7. The Morgan fingerprint density at radius 2 is 1.10 bits per heavy atom. The maximum atomic E-state index is 6.38. The van der Waals surface area contributed by atoms with E-state index in [9.17, 15) is 0 Å². The molecule has 0 saturated carbocycles. The minimum absolute atomic E-state index is 0.403. The molecule has 3 heterocycles. The van der Waals surface area contributed by atoms with Crippen LogP contribution in [0.15, 0.2) is 109 Å². The smallest absolute Gasteiger partial charge is 0.399 e. The van der Waals surface area contributed by atoms with Crippen LogP contribution in [0.3, 0.4) is 0 Å². The van der Waals surface area contributed by atoms with Crippen molar-refractivity contribution in [3.63, 3.8) is 0 Å². The van der Waals surface area contributed by atoms with Crippen molar-refractivity contribution in [3.05, 3.63) is 109 Å². The summed E-state index contributed by atoms with van der Waals surface area (Å²) in [5, 5.41) is 2.24. The van der Waals surface area contributed by atoms with Crippen LogP contribution < -0.4 is 5.46 Å². The molecular formula is C34H30BN3O2. The van der Waals surface area contributed by atoms with E-state index >= 15 is 0 Å². The van der Waals surface area contributed by atoms with Crippen LogP contribution in [0.2, 0.25) is 0 Å². The minimum atomic E-state index is -0.432. The molecule has 6 aromatic rings. The standard InChI is InChI=1S/C34H30BN3O2/c1-33(2)34(3,4)40-35(39-33)25-19-20-31-27(21-25)26-17-11-12-18-30(26)38(31)32-36-28(23-13-7-5-8-14-23)22-29(37-32)24-15-9-6-10-16-24/h5-22H,1-4H3. The van der Waals surface area contributed by atoms with E-state index in [2.05, 4.69) is 105 Å². The van der Waals surface area contributed by atoms with Crippen molar-refractivity contribution in [1.82, 2.24) is 14.5 Å². The maximum absolute atomic E-state index is 6.38. The highest BCUT2D eigenvalue weighted by Gasteiger charge is 2.51. The van der Waals surface area contributed by atoms with Crippen LogP contribution in [0.25, 0.3) is 50.3 Å². The van der Waals surface area contributed by atoms with E-state index in [1.54, 1.807) is 0 Å². The fourth-order valence-electron chi connectivity index (χ4n) is 5.38. The fourth-order valence-corrected chi connectivity index (χ4v) is 5.38. The summed E-state index contributed by atoms with van der Waals surface area (Å²) in [7, 11) is -0.432. The predicted octanol–water partition coefficient (Wildman–Crippen LogP) is 7.21. The highest BCUT2D eigenvalue weighted by atomic mass is 16.7. The first-order chi connectivity index (χ1) is 19.3.